The van der Waals surface area contributed by atoms with Crippen LogP contribution in [0.2, 0.25) is 0 Å². The Morgan fingerprint density at radius 2 is 2.26 bits per heavy atom. The van der Waals surface area contributed by atoms with Crippen molar-refractivity contribution < 1.29 is 4.74 Å². The second-order valence-electron chi connectivity index (χ2n) is 4.69. The summed E-state index contributed by atoms with van der Waals surface area (Å²) in [5.74, 6) is 1.43. The number of methoxy groups -OCH3 is 1. The number of rotatable bonds is 2. The molecule has 3 rings (SSSR count). The van der Waals surface area contributed by atoms with Gasteiger partial charge in [0.25, 0.3) is 0 Å². The molecule has 1 atom stereocenters. The molecule has 0 amide bonds. The topological polar surface area (TPSA) is 51.4 Å². The Hall–Kier alpha value is -1.75. The molecule has 0 fully saturated rings. The van der Waals surface area contributed by atoms with Crippen LogP contribution in [0.15, 0.2) is 23.6 Å². The fourth-order valence-corrected chi connectivity index (χ4v) is 3.55. The zero-order valence-corrected chi connectivity index (χ0v) is 11.9. The molecule has 0 bridgehead atoms. The first-order valence-electron chi connectivity index (χ1n) is 6.34. The van der Waals surface area contributed by atoms with E-state index >= 15 is 0 Å². The van der Waals surface area contributed by atoms with E-state index in [9.17, 15) is 0 Å². The zero-order chi connectivity index (χ0) is 13.4. The molecule has 5 heteroatoms. The van der Waals surface area contributed by atoms with Crippen LogP contribution in [0.1, 0.15) is 23.4 Å². The van der Waals surface area contributed by atoms with Gasteiger partial charge in [0.2, 0.25) is 5.88 Å². The average molecular weight is 275 g/mol. The largest absolute Gasteiger partial charge is 0.479 e. The van der Waals surface area contributed by atoms with E-state index in [-0.39, 0.29) is 0 Å². The van der Waals surface area contributed by atoms with Crippen molar-refractivity contribution in [3.05, 3.63) is 34.0 Å². The molecule has 0 radical (unpaired) electrons. The predicted octanol–water partition coefficient (Wildman–Crippen LogP) is 2.86. The molecule has 0 aromatic carbocycles. The molecule has 1 aliphatic rings. The number of pyridine rings is 1. The third-order valence-corrected chi connectivity index (χ3v) is 4.64. The smallest absolute Gasteiger partial charge is 0.238 e. The average Bonchev–Trinajstić information content (AvgIpc) is 2.89. The highest BCUT2D eigenvalue weighted by atomic mass is 32.1. The Morgan fingerprint density at radius 1 is 1.42 bits per heavy atom. The lowest BCUT2D eigenvalue weighted by atomic mass is 10.0. The van der Waals surface area contributed by atoms with E-state index in [1.807, 2.05) is 23.5 Å². The number of nitrogen functional groups attached to an aromatic ring is 1. The van der Waals surface area contributed by atoms with E-state index in [1.165, 1.54) is 10.4 Å². The van der Waals surface area contributed by atoms with Crippen LogP contribution in [-0.4, -0.2) is 18.6 Å². The van der Waals surface area contributed by atoms with Gasteiger partial charge in [-0.05, 0) is 42.5 Å². The van der Waals surface area contributed by atoms with Crippen molar-refractivity contribution in [1.29, 1.82) is 0 Å². The van der Waals surface area contributed by atoms with Crippen LogP contribution in [0.25, 0.3) is 0 Å². The monoisotopic (exact) mass is 275 g/mol. The molecular formula is C14H17N3OS. The van der Waals surface area contributed by atoms with Crippen molar-refractivity contribution in [2.24, 2.45) is 0 Å². The highest BCUT2D eigenvalue weighted by Crippen LogP contribution is 2.36. The normalized spacial score (nSPS) is 18.2. The minimum atomic E-state index is 0.343. The van der Waals surface area contributed by atoms with Gasteiger partial charge in [0, 0.05) is 11.4 Å². The predicted molar refractivity (Wildman–Crippen MR) is 79.0 cm³/mol. The maximum atomic E-state index is 5.82. The standard InChI is InChI=1S/C14H17N3OS/c1-9-10-6-8-19-12(10)5-7-17(9)13-4-3-11(15)14(16-13)18-2/h3-4,6,8-9H,5,7,15H2,1-2H3. The van der Waals surface area contributed by atoms with Gasteiger partial charge in [-0.25, -0.2) is 0 Å². The molecule has 2 N–H and O–H groups in total. The Morgan fingerprint density at radius 3 is 3.05 bits per heavy atom. The molecule has 2 aromatic rings. The van der Waals surface area contributed by atoms with Gasteiger partial charge >= 0.3 is 0 Å². The van der Waals surface area contributed by atoms with E-state index < -0.39 is 0 Å². The van der Waals surface area contributed by atoms with Gasteiger partial charge in [-0.15, -0.1) is 11.3 Å². The van der Waals surface area contributed by atoms with Crippen LogP contribution in [0, 0.1) is 0 Å². The third-order valence-electron chi connectivity index (χ3n) is 3.64. The van der Waals surface area contributed by atoms with Crippen LogP contribution in [0.5, 0.6) is 5.88 Å². The SMILES string of the molecule is COc1nc(N2CCc3sccc3C2C)ccc1N. The fraction of sp³-hybridized carbons (Fsp3) is 0.357. The van der Waals surface area contributed by atoms with Crippen molar-refractivity contribution >= 4 is 22.8 Å². The summed E-state index contributed by atoms with van der Waals surface area (Å²) >= 11 is 1.84. The summed E-state index contributed by atoms with van der Waals surface area (Å²) in [4.78, 5) is 8.30. The van der Waals surface area contributed by atoms with Crippen LogP contribution >= 0.6 is 11.3 Å². The first-order valence-corrected chi connectivity index (χ1v) is 7.22. The van der Waals surface area contributed by atoms with Crippen molar-refractivity contribution in [2.45, 2.75) is 19.4 Å². The molecule has 3 heterocycles. The van der Waals surface area contributed by atoms with Crippen LogP contribution < -0.4 is 15.4 Å². The van der Waals surface area contributed by atoms with Gasteiger partial charge in [-0.1, -0.05) is 0 Å². The second-order valence-corrected chi connectivity index (χ2v) is 5.69. The van der Waals surface area contributed by atoms with Crippen LogP contribution in [0.3, 0.4) is 0 Å². The Kier molecular flexibility index (Phi) is 3.06. The third kappa shape index (κ3) is 2.04. The second kappa shape index (κ2) is 4.74. The van der Waals surface area contributed by atoms with Crippen molar-refractivity contribution in [2.75, 3.05) is 24.3 Å². The van der Waals surface area contributed by atoms with Gasteiger partial charge in [-0.2, -0.15) is 4.98 Å². The summed E-state index contributed by atoms with van der Waals surface area (Å²) in [6.07, 6.45) is 1.08. The van der Waals surface area contributed by atoms with Crippen molar-refractivity contribution in [3.63, 3.8) is 0 Å². The van der Waals surface area contributed by atoms with Gasteiger partial charge in [0.05, 0.1) is 18.8 Å². The van der Waals surface area contributed by atoms with Crippen molar-refractivity contribution in [1.82, 2.24) is 4.98 Å². The minimum absolute atomic E-state index is 0.343. The number of hydrogen-bond acceptors (Lipinski definition) is 5. The van der Waals surface area contributed by atoms with E-state index in [2.05, 4.69) is 28.3 Å². The summed E-state index contributed by atoms with van der Waals surface area (Å²) in [5.41, 5.74) is 7.81. The lowest BCUT2D eigenvalue weighted by Crippen LogP contribution is -2.33. The highest BCUT2D eigenvalue weighted by Gasteiger charge is 2.26. The summed E-state index contributed by atoms with van der Waals surface area (Å²) in [7, 11) is 1.60. The maximum Gasteiger partial charge on any atom is 0.238 e. The van der Waals surface area contributed by atoms with Crippen LogP contribution in [0.4, 0.5) is 11.5 Å². The molecule has 19 heavy (non-hydrogen) atoms. The fourth-order valence-electron chi connectivity index (χ4n) is 2.59. The van der Waals surface area contributed by atoms with E-state index in [0.29, 0.717) is 17.6 Å². The molecule has 2 aromatic heterocycles. The Bertz CT molecular complexity index is 596. The number of nitrogens with zero attached hydrogens (tertiary/aromatic N) is 2. The maximum absolute atomic E-state index is 5.82. The number of aromatic nitrogens is 1. The number of ether oxygens (including phenoxy) is 1. The van der Waals surface area contributed by atoms with Crippen molar-refractivity contribution in [3.8, 4) is 5.88 Å². The Labute approximate surface area is 116 Å². The summed E-state index contributed by atoms with van der Waals surface area (Å²) in [6.45, 7) is 3.20. The molecule has 0 spiro atoms. The van der Waals surface area contributed by atoms with E-state index in [0.717, 1.165) is 18.8 Å². The quantitative estimate of drug-likeness (QED) is 0.915. The lowest BCUT2D eigenvalue weighted by Gasteiger charge is -2.34. The first kappa shape index (κ1) is 12.3. The van der Waals surface area contributed by atoms with Gasteiger partial charge in [0.15, 0.2) is 0 Å². The van der Waals surface area contributed by atoms with Gasteiger partial charge in [-0.3, -0.25) is 0 Å². The number of anilines is 2. The summed E-state index contributed by atoms with van der Waals surface area (Å²) < 4.78 is 5.21. The number of thiophene rings is 1. The number of nitrogens with two attached hydrogens (primary N) is 1. The highest BCUT2D eigenvalue weighted by molar-refractivity contribution is 7.10. The Balaban J connectivity index is 1.95. The lowest BCUT2D eigenvalue weighted by molar-refractivity contribution is 0.399. The minimum Gasteiger partial charge on any atom is -0.479 e. The molecule has 1 unspecified atom stereocenters. The molecule has 0 aliphatic carbocycles. The summed E-state index contributed by atoms with van der Waals surface area (Å²) in [5, 5.41) is 2.17. The van der Waals surface area contributed by atoms with E-state index in [4.69, 9.17) is 10.5 Å². The molecule has 4 nitrogen and oxygen atoms in total. The molecule has 1 aliphatic heterocycles. The molecule has 0 saturated heterocycles. The molecular weight excluding hydrogens is 258 g/mol. The molecule has 0 saturated carbocycles. The molecule has 100 valence electrons. The summed E-state index contributed by atoms with van der Waals surface area (Å²) in [6, 6.07) is 6.38. The number of hydrogen-bond donors (Lipinski definition) is 1. The first-order chi connectivity index (χ1) is 9.20. The number of fused-ring (bicyclic) bond motifs is 1. The van der Waals surface area contributed by atoms with E-state index in [1.54, 1.807) is 7.11 Å². The van der Waals surface area contributed by atoms with Gasteiger partial charge < -0.3 is 15.4 Å². The van der Waals surface area contributed by atoms with Crippen LogP contribution in [-0.2, 0) is 6.42 Å². The zero-order valence-electron chi connectivity index (χ0n) is 11.1. The van der Waals surface area contributed by atoms with Gasteiger partial charge in [0.1, 0.15) is 5.82 Å².